The van der Waals surface area contributed by atoms with Crippen molar-refractivity contribution in [1.29, 1.82) is 0 Å². The number of likely N-dealkylation sites (tertiary alicyclic amines) is 1. The molecule has 0 amide bonds. The maximum absolute atomic E-state index is 6.26. The molecule has 0 spiro atoms. The van der Waals surface area contributed by atoms with Crippen LogP contribution in [0.3, 0.4) is 0 Å². The number of aromatic nitrogens is 2. The molecule has 1 atom stereocenters. The quantitative estimate of drug-likeness (QED) is 0.339. The molecule has 1 saturated heterocycles. The number of halogens is 1. The van der Waals surface area contributed by atoms with Crippen molar-refractivity contribution in [3.63, 3.8) is 0 Å². The molecule has 8 heteroatoms. The molecule has 0 saturated carbocycles. The number of aryl methyl sites for hydroxylation is 1. The number of rotatable bonds is 9. The van der Waals surface area contributed by atoms with Gasteiger partial charge in [-0.3, -0.25) is 4.90 Å². The summed E-state index contributed by atoms with van der Waals surface area (Å²) in [5, 5.41) is 6.67. The monoisotopic (exact) mass is 525 g/mol. The second kappa shape index (κ2) is 11.1. The lowest BCUT2D eigenvalue weighted by atomic mass is 10.2. The second-order valence-electron chi connectivity index (χ2n) is 8.66. The first kappa shape index (κ1) is 24.3. The van der Waals surface area contributed by atoms with Crippen molar-refractivity contribution in [2.24, 2.45) is 0 Å². The highest BCUT2D eigenvalue weighted by atomic mass is 79.9. The van der Waals surface area contributed by atoms with E-state index in [9.17, 15) is 0 Å². The lowest BCUT2D eigenvalue weighted by molar-refractivity contribution is 0.186. The zero-order valence-corrected chi connectivity index (χ0v) is 21.7. The number of hydrogen-bond donors (Lipinski definition) is 2. The number of para-hydroxylation sites is 1. The summed E-state index contributed by atoms with van der Waals surface area (Å²) in [5.74, 6) is 2.67. The van der Waals surface area contributed by atoms with Gasteiger partial charge in [0.25, 0.3) is 0 Å². The van der Waals surface area contributed by atoms with E-state index in [1.165, 1.54) is 0 Å². The lowest BCUT2D eigenvalue weighted by Crippen LogP contribution is -2.30. The van der Waals surface area contributed by atoms with Crippen molar-refractivity contribution < 1.29 is 9.47 Å². The van der Waals surface area contributed by atoms with E-state index in [2.05, 4.69) is 68.3 Å². The van der Waals surface area contributed by atoms with Crippen molar-refractivity contribution in [2.45, 2.75) is 46.3 Å². The van der Waals surface area contributed by atoms with Crippen LogP contribution in [0, 0.1) is 6.92 Å². The van der Waals surface area contributed by atoms with Crippen LogP contribution in [0.5, 0.6) is 11.5 Å². The van der Waals surface area contributed by atoms with Crippen LogP contribution >= 0.6 is 15.9 Å². The summed E-state index contributed by atoms with van der Waals surface area (Å²) in [6.45, 7) is 11.0. The summed E-state index contributed by atoms with van der Waals surface area (Å²) < 4.78 is 12.9. The van der Waals surface area contributed by atoms with E-state index in [4.69, 9.17) is 9.47 Å². The van der Waals surface area contributed by atoms with Gasteiger partial charge in [-0.05, 0) is 73.8 Å². The third-order valence-corrected chi connectivity index (χ3v) is 6.43. The standard InChI is InChI=1S/C26H32BrN5O2/c1-5-33-24-14-19(34-20-12-13-32(16-20)17(2)3)10-11-23(24)30-26-28-15-21(27)25(31-26)29-22-9-7-6-8-18(22)4/h6-11,14-15,17,20H,5,12-13,16H2,1-4H3,(H2,28,29,30,31). The van der Waals surface area contributed by atoms with Crippen molar-refractivity contribution in [1.82, 2.24) is 14.9 Å². The van der Waals surface area contributed by atoms with Crippen molar-refractivity contribution in [3.8, 4) is 11.5 Å². The van der Waals surface area contributed by atoms with Gasteiger partial charge in [-0.1, -0.05) is 18.2 Å². The van der Waals surface area contributed by atoms with Crippen molar-refractivity contribution in [3.05, 3.63) is 58.7 Å². The van der Waals surface area contributed by atoms with Crippen molar-refractivity contribution in [2.75, 3.05) is 30.3 Å². The molecule has 2 N–H and O–H groups in total. The zero-order chi connectivity index (χ0) is 24.1. The second-order valence-corrected chi connectivity index (χ2v) is 9.52. The Balaban J connectivity index is 1.50. The summed E-state index contributed by atoms with van der Waals surface area (Å²) in [7, 11) is 0. The van der Waals surface area contributed by atoms with E-state index >= 15 is 0 Å². The highest BCUT2D eigenvalue weighted by molar-refractivity contribution is 9.10. The molecule has 4 rings (SSSR count). The van der Waals surface area contributed by atoms with Gasteiger partial charge < -0.3 is 20.1 Å². The Bertz CT molecular complexity index is 1120. The van der Waals surface area contributed by atoms with Crippen molar-refractivity contribution >= 4 is 39.1 Å². The van der Waals surface area contributed by atoms with E-state index < -0.39 is 0 Å². The van der Waals surface area contributed by atoms with Crippen LogP contribution < -0.4 is 20.1 Å². The molecule has 1 unspecified atom stereocenters. The van der Waals surface area contributed by atoms with Gasteiger partial charge in [-0.2, -0.15) is 4.98 Å². The Hall–Kier alpha value is -2.84. The fourth-order valence-corrected chi connectivity index (χ4v) is 4.23. The number of nitrogens with zero attached hydrogens (tertiary/aromatic N) is 3. The first-order valence-electron chi connectivity index (χ1n) is 11.7. The van der Waals surface area contributed by atoms with Crippen LogP contribution in [-0.4, -0.2) is 46.7 Å². The molecule has 0 aliphatic carbocycles. The first-order chi connectivity index (χ1) is 16.4. The minimum atomic E-state index is 0.195. The normalized spacial score (nSPS) is 16.0. The van der Waals surface area contributed by atoms with Crippen LogP contribution in [-0.2, 0) is 0 Å². The summed E-state index contributed by atoms with van der Waals surface area (Å²) >= 11 is 3.54. The maximum Gasteiger partial charge on any atom is 0.229 e. The largest absolute Gasteiger partial charge is 0.492 e. The van der Waals surface area contributed by atoms with Gasteiger partial charge in [0.05, 0.1) is 16.8 Å². The lowest BCUT2D eigenvalue weighted by Gasteiger charge is -2.21. The summed E-state index contributed by atoms with van der Waals surface area (Å²) in [5.41, 5.74) is 2.91. The van der Waals surface area contributed by atoms with Gasteiger partial charge in [-0.15, -0.1) is 0 Å². The topological polar surface area (TPSA) is 71.5 Å². The number of nitrogens with one attached hydrogen (secondary N) is 2. The highest BCUT2D eigenvalue weighted by Crippen LogP contribution is 2.33. The molecule has 7 nitrogen and oxygen atoms in total. The molecule has 1 fully saturated rings. The Labute approximate surface area is 210 Å². The molecule has 1 aliphatic rings. The fourth-order valence-electron chi connectivity index (χ4n) is 3.94. The number of anilines is 4. The Morgan fingerprint density at radius 3 is 2.71 bits per heavy atom. The molecule has 2 aromatic carbocycles. The SMILES string of the molecule is CCOc1cc(OC2CCN(C(C)C)C2)ccc1Nc1ncc(Br)c(Nc2ccccc2C)n1. The Morgan fingerprint density at radius 1 is 1.15 bits per heavy atom. The first-order valence-corrected chi connectivity index (χ1v) is 12.5. The van der Waals surface area contributed by atoms with Gasteiger partial charge in [-0.25, -0.2) is 4.98 Å². The average Bonchev–Trinajstić information content (AvgIpc) is 3.28. The minimum Gasteiger partial charge on any atom is -0.492 e. The van der Waals surface area contributed by atoms with Gasteiger partial charge in [0.15, 0.2) is 0 Å². The third kappa shape index (κ3) is 5.98. The van der Waals surface area contributed by atoms with Crippen LogP contribution in [0.2, 0.25) is 0 Å². The van der Waals surface area contributed by atoms with E-state index in [-0.39, 0.29) is 6.10 Å². The number of benzene rings is 2. The Morgan fingerprint density at radius 2 is 1.97 bits per heavy atom. The molecular formula is C26H32BrN5O2. The summed E-state index contributed by atoms with van der Waals surface area (Å²) in [6, 6.07) is 14.5. The van der Waals surface area contributed by atoms with Crippen LogP contribution in [0.15, 0.2) is 53.1 Å². The smallest absolute Gasteiger partial charge is 0.229 e. The molecule has 0 radical (unpaired) electrons. The predicted octanol–water partition coefficient (Wildman–Crippen LogP) is 6.29. The van der Waals surface area contributed by atoms with Crippen LogP contribution in [0.4, 0.5) is 23.1 Å². The molecule has 0 bridgehead atoms. The van der Waals surface area contributed by atoms with E-state index in [0.29, 0.717) is 30.2 Å². The maximum atomic E-state index is 6.26. The number of ether oxygens (including phenoxy) is 2. The van der Waals surface area contributed by atoms with E-state index in [1.807, 2.05) is 43.3 Å². The third-order valence-electron chi connectivity index (χ3n) is 5.85. The molecular weight excluding hydrogens is 494 g/mol. The van der Waals surface area contributed by atoms with Gasteiger partial charge in [0.2, 0.25) is 5.95 Å². The minimum absolute atomic E-state index is 0.195. The molecule has 180 valence electrons. The summed E-state index contributed by atoms with van der Waals surface area (Å²) in [6.07, 6.45) is 2.96. The predicted molar refractivity (Wildman–Crippen MR) is 141 cm³/mol. The van der Waals surface area contributed by atoms with E-state index in [1.54, 1.807) is 6.20 Å². The highest BCUT2D eigenvalue weighted by Gasteiger charge is 2.25. The molecule has 2 heterocycles. The Kier molecular flexibility index (Phi) is 7.90. The average molecular weight is 526 g/mol. The summed E-state index contributed by atoms with van der Waals surface area (Å²) in [4.78, 5) is 11.5. The van der Waals surface area contributed by atoms with Crippen LogP contribution in [0.1, 0.15) is 32.8 Å². The fraction of sp³-hybridized carbons (Fsp3) is 0.385. The molecule has 1 aliphatic heterocycles. The zero-order valence-electron chi connectivity index (χ0n) is 20.1. The van der Waals surface area contributed by atoms with Crippen LogP contribution in [0.25, 0.3) is 0 Å². The van der Waals surface area contributed by atoms with Gasteiger partial charge in [0, 0.05) is 37.1 Å². The molecule has 34 heavy (non-hydrogen) atoms. The van der Waals surface area contributed by atoms with E-state index in [0.717, 1.165) is 46.7 Å². The molecule has 1 aromatic heterocycles. The van der Waals surface area contributed by atoms with Gasteiger partial charge >= 0.3 is 0 Å². The van der Waals surface area contributed by atoms with Gasteiger partial charge in [0.1, 0.15) is 23.4 Å². The number of hydrogen-bond acceptors (Lipinski definition) is 7. The molecule has 3 aromatic rings.